The highest BCUT2D eigenvalue weighted by Gasteiger charge is 2.37. The van der Waals surface area contributed by atoms with E-state index in [1.165, 1.54) is 5.56 Å². The highest BCUT2D eigenvalue weighted by Crippen LogP contribution is 2.42. The zero-order valence-electron chi connectivity index (χ0n) is 19.3. The second-order valence-corrected chi connectivity index (χ2v) is 8.73. The lowest BCUT2D eigenvalue weighted by atomic mass is 9.97. The molecule has 5 heteroatoms. The molecule has 2 amide bonds. The van der Waals surface area contributed by atoms with Gasteiger partial charge in [-0.15, -0.1) is 0 Å². The summed E-state index contributed by atoms with van der Waals surface area (Å²) in [5.41, 5.74) is 5.10. The van der Waals surface area contributed by atoms with Crippen LogP contribution in [0.4, 0.5) is 5.69 Å². The maximum absolute atomic E-state index is 13.9. The van der Waals surface area contributed by atoms with Crippen LogP contribution in [0.15, 0.2) is 66.9 Å². The molecule has 3 aromatic rings. The van der Waals surface area contributed by atoms with Crippen LogP contribution in [0.3, 0.4) is 0 Å². The van der Waals surface area contributed by atoms with Gasteiger partial charge in [-0.25, -0.2) is 0 Å². The lowest BCUT2D eigenvalue weighted by molar-refractivity contribution is -0.137. The number of benzene rings is 2. The minimum absolute atomic E-state index is 0.0244. The third-order valence-corrected chi connectivity index (χ3v) is 6.09. The molecule has 0 saturated heterocycles. The molecule has 1 aliphatic heterocycles. The van der Waals surface area contributed by atoms with Gasteiger partial charge >= 0.3 is 0 Å². The van der Waals surface area contributed by atoms with Crippen LogP contribution in [0.2, 0.25) is 0 Å². The van der Waals surface area contributed by atoms with E-state index in [4.69, 9.17) is 0 Å². The van der Waals surface area contributed by atoms with Gasteiger partial charge in [0.25, 0.3) is 0 Å². The minimum Gasteiger partial charge on any atom is -0.331 e. The maximum Gasteiger partial charge on any atom is 0.247 e. The molecular formula is C27H31N3O2. The molecule has 1 aromatic heterocycles. The lowest BCUT2D eigenvalue weighted by Gasteiger charge is -2.40. The molecule has 32 heavy (non-hydrogen) atoms. The van der Waals surface area contributed by atoms with Gasteiger partial charge in [-0.05, 0) is 57.0 Å². The Balaban J connectivity index is 1.80. The molecule has 0 fully saturated rings. The van der Waals surface area contributed by atoms with Crippen molar-refractivity contribution < 1.29 is 9.59 Å². The molecule has 5 nitrogen and oxygen atoms in total. The van der Waals surface area contributed by atoms with Crippen molar-refractivity contribution in [3.05, 3.63) is 83.7 Å². The summed E-state index contributed by atoms with van der Waals surface area (Å²) in [4.78, 5) is 30.2. The van der Waals surface area contributed by atoms with Crippen molar-refractivity contribution in [2.75, 3.05) is 11.4 Å². The fourth-order valence-corrected chi connectivity index (χ4v) is 4.46. The average molecular weight is 430 g/mol. The van der Waals surface area contributed by atoms with Crippen LogP contribution in [-0.4, -0.2) is 33.9 Å². The fraction of sp³-hybridized carbons (Fsp3) is 0.333. The summed E-state index contributed by atoms with van der Waals surface area (Å²) < 4.78 is 2.16. The predicted octanol–water partition coefficient (Wildman–Crippen LogP) is 5.26. The van der Waals surface area contributed by atoms with Crippen LogP contribution in [0, 0.1) is 6.92 Å². The summed E-state index contributed by atoms with van der Waals surface area (Å²) in [6.07, 6.45) is 3.26. The van der Waals surface area contributed by atoms with E-state index in [-0.39, 0.29) is 30.4 Å². The quantitative estimate of drug-likeness (QED) is 0.537. The Morgan fingerprint density at radius 3 is 2.31 bits per heavy atom. The van der Waals surface area contributed by atoms with Crippen molar-refractivity contribution in [2.45, 2.75) is 52.6 Å². The van der Waals surface area contributed by atoms with Crippen molar-refractivity contribution >= 4 is 17.5 Å². The van der Waals surface area contributed by atoms with Crippen LogP contribution >= 0.6 is 0 Å². The molecule has 0 saturated carbocycles. The molecule has 0 radical (unpaired) electrons. The van der Waals surface area contributed by atoms with Gasteiger partial charge in [-0.1, -0.05) is 48.9 Å². The predicted molar refractivity (Wildman–Crippen MR) is 128 cm³/mol. The largest absolute Gasteiger partial charge is 0.331 e. The highest BCUT2D eigenvalue weighted by atomic mass is 16.2. The van der Waals surface area contributed by atoms with Crippen molar-refractivity contribution in [2.24, 2.45) is 0 Å². The summed E-state index contributed by atoms with van der Waals surface area (Å²) in [7, 11) is 0. The molecule has 1 aliphatic rings. The third-order valence-electron chi connectivity index (χ3n) is 6.09. The SMILES string of the molecule is CCCC(=O)N(CC(=O)N1c2ccccc2-n2cccc2C1c1ccc(C)cc1)C(C)C. The molecule has 0 bridgehead atoms. The number of nitrogens with zero attached hydrogens (tertiary/aromatic N) is 3. The normalized spacial score (nSPS) is 14.8. The van der Waals surface area contributed by atoms with E-state index in [1.54, 1.807) is 4.90 Å². The number of rotatable bonds is 6. The molecule has 1 unspecified atom stereocenters. The molecule has 4 rings (SSSR count). The van der Waals surface area contributed by atoms with Gasteiger partial charge in [-0.3, -0.25) is 14.5 Å². The average Bonchev–Trinajstić information content (AvgIpc) is 3.27. The third kappa shape index (κ3) is 3.95. The summed E-state index contributed by atoms with van der Waals surface area (Å²) in [5, 5.41) is 0. The summed E-state index contributed by atoms with van der Waals surface area (Å²) in [5.74, 6) is -0.0509. The number of fused-ring (bicyclic) bond motifs is 3. The number of anilines is 1. The Labute approximate surface area is 190 Å². The van der Waals surface area contributed by atoms with E-state index >= 15 is 0 Å². The number of hydrogen-bond donors (Lipinski definition) is 0. The molecule has 166 valence electrons. The van der Waals surface area contributed by atoms with E-state index < -0.39 is 0 Å². The number of aryl methyl sites for hydroxylation is 1. The molecule has 0 N–H and O–H groups in total. The smallest absolute Gasteiger partial charge is 0.247 e. The van der Waals surface area contributed by atoms with Gasteiger partial charge in [0.1, 0.15) is 12.6 Å². The highest BCUT2D eigenvalue weighted by molar-refractivity contribution is 6.00. The van der Waals surface area contributed by atoms with Crippen LogP contribution in [0.25, 0.3) is 5.69 Å². The van der Waals surface area contributed by atoms with Crippen LogP contribution in [-0.2, 0) is 9.59 Å². The number of aromatic nitrogens is 1. The first-order valence-corrected chi connectivity index (χ1v) is 11.4. The van der Waals surface area contributed by atoms with Gasteiger partial charge < -0.3 is 9.47 Å². The standard InChI is InChI=1S/C27H31N3O2/c1-5-9-25(31)29(19(2)3)18-26(32)30-23-11-7-6-10-22(23)28-17-8-12-24(28)27(30)21-15-13-20(4)14-16-21/h6-8,10-17,19,27H,5,9,18H2,1-4H3. The molecule has 1 atom stereocenters. The maximum atomic E-state index is 13.9. The second kappa shape index (κ2) is 9.03. The first-order chi connectivity index (χ1) is 15.4. The lowest BCUT2D eigenvalue weighted by Crippen LogP contribution is -2.48. The van der Waals surface area contributed by atoms with Crippen molar-refractivity contribution in [3.63, 3.8) is 0 Å². The van der Waals surface area contributed by atoms with Crippen molar-refractivity contribution in [1.29, 1.82) is 0 Å². The van der Waals surface area contributed by atoms with Crippen LogP contribution < -0.4 is 4.90 Å². The Morgan fingerprint density at radius 2 is 1.66 bits per heavy atom. The van der Waals surface area contributed by atoms with Crippen LogP contribution in [0.1, 0.15) is 56.5 Å². The Morgan fingerprint density at radius 1 is 0.969 bits per heavy atom. The minimum atomic E-state index is -0.261. The number of hydrogen-bond acceptors (Lipinski definition) is 2. The number of amides is 2. The van der Waals surface area contributed by atoms with E-state index in [0.29, 0.717) is 6.42 Å². The summed E-state index contributed by atoms with van der Waals surface area (Å²) in [6.45, 7) is 8.04. The topological polar surface area (TPSA) is 45.6 Å². The zero-order chi connectivity index (χ0) is 22.8. The van der Waals surface area contributed by atoms with E-state index in [0.717, 1.165) is 29.1 Å². The monoisotopic (exact) mass is 429 g/mol. The first-order valence-electron chi connectivity index (χ1n) is 11.4. The summed E-state index contributed by atoms with van der Waals surface area (Å²) in [6, 6.07) is 20.1. The molecule has 2 heterocycles. The number of carbonyl (C=O) groups excluding carboxylic acids is 2. The van der Waals surface area contributed by atoms with Crippen LogP contribution in [0.5, 0.6) is 0 Å². The molecule has 0 aliphatic carbocycles. The Bertz CT molecular complexity index is 1110. The van der Waals surface area contributed by atoms with E-state index in [1.807, 2.05) is 62.2 Å². The van der Waals surface area contributed by atoms with Gasteiger partial charge in [0, 0.05) is 18.7 Å². The Kier molecular flexibility index (Phi) is 6.17. The van der Waals surface area contributed by atoms with Gasteiger partial charge in [0.15, 0.2) is 0 Å². The molecule has 2 aromatic carbocycles. The number of para-hydroxylation sites is 2. The Hall–Kier alpha value is -3.34. The second-order valence-electron chi connectivity index (χ2n) is 8.73. The van der Waals surface area contributed by atoms with Gasteiger partial charge in [-0.2, -0.15) is 0 Å². The molecule has 0 spiro atoms. The molecular weight excluding hydrogens is 398 g/mol. The van der Waals surface area contributed by atoms with Crippen molar-refractivity contribution in [3.8, 4) is 5.69 Å². The van der Waals surface area contributed by atoms with E-state index in [9.17, 15) is 9.59 Å². The van der Waals surface area contributed by atoms with Gasteiger partial charge in [0.05, 0.1) is 17.1 Å². The number of carbonyl (C=O) groups is 2. The van der Waals surface area contributed by atoms with Gasteiger partial charge in [0.2, 0.25) is 11.8 Å². The first kappa shape index (κ1) is 21.9. The fourth-order valence-electron chi connectivity index (χ4n) is 4.46. The zero-order valence-corrected chi connectivity index (χ0v) is 19.3. The van der Waals surface area contributed by atoms with E-state index in [2.05, 4.69) is 41.8 Å². The summed E-state index contributed by atoms with van der Waals surface area (Å²) >= 11 is 0. The van der Waals surface area contributed by atoms with Crippen molar-refractivity contribution in [1.82, 2.24) is 9.47 Å².